The van der Waals surface area contributed by atoms with Gasteiger partial charge in [-0.1, -0.05) is 12.8 Å². The molecule has 0 bridgehead atoms. The third-order valence-electron chi connectivity index (χ3n) is 3.99. The number of benzene rings is 1. The van der Waals surface area contributed by atoms with Crippen molar-refractivity contribution in [2.75, 3.05) is 17.6 Å². The van der Waals surface area contributed by atoms with Crippen molar-refractivity contribution in [1.29, 1.82) is 0 Å². The Balaban J connectivity index is 1.87. The molecule has 1 fully saturated rings. The molecule has 100 valence electrons. The van der Waals surface area contributed by atoms with Gasteiger partial charge in [-0.25, -0.2) is 0 Å². The minimum atomic E-state index is -0.555. The number of anilines is 2. The maximum Gasteiger partial charge on any atom is 0.0819 e. The number of fused-ring (bicyclic) bond motifs is 1. The SMILES string of the molecule is Nc1ccc(NCC2(O)CCCC2)c2ccncc12. The fourth-order valence-electron chi connectivity index (χ4n) is 2.84. The molecular weight excluding hydrogens is 238 g/mol. The van der Waals surface area contributed by atoms with Crippen LogP contribution in [0.25, 0.3) is 10.8 Å². The third-order valence-corrected chi connectivity index (χ3v) is 3.99. The first-order chi connectivity index (χ1) is 9.18. The summed E-state index contributed by atoms with van der Waals surface area (Å²) in [6.45, 7) is 0.592. The van der Waals surface area contributed by atoms with E-state index in [0.717, 1.165) is 47.8 Å². The average Bonchev–Trinajstić information content (AvgIpc) is 2.86. The van der Waals surface area contributed by atoms with E-state index >= 15 is 0 Å². The Morgan fingerprint density at radius 3 is 2.79 bits per heavy atom. The van der Waals surface area contributed by atoms with Gasteiger partial charge in [-0.2, -0.15) is 0 Å². The standard InChI is InChI=1S/C15H19N3O/c16-13-3-4-14(11-5-8-17-9-12(11)13)18-10-15(19)6-1-2-7-15/h3-5,8-9,18-19H,1-2,6-7,10,16H2. The molecule has 0 amide bonds. The summed E-state index contributed by atoms with van der Waals surface area (Å²) < 4.78 is 0. The molecule has 0 spiro atoms. The third kappa shape index (κ3) is 2.36. The van der Waals surface area contributed by atoms with Gasteiger partial charge >= 0.3 is 0 Å². The Morgan fingerprint density at radius 1 is 1.21 bits per heavy atom. The molecule has 3 rings (SSSR count). The second-order valence-corrected chi connectivity index (χ2v) is 5.41. The van der Waals surface area contributed by atoms with Gasteiger partial charge < -0.3 is 16.2 Å². The van der Waals surface area contributed by atoms with Crippen molar-refractivity contribution in [3.63, 3.8) is 0 Å². The summed E-state index contributed by atoms with van der Waals surface area (Å²) in [5.74, 6) is 0. The summed E-state index contributed by atoms with van der Waals surface area (Å²) in [6, 6.07) is 5.80. The van der Waals surface area contributed by atoms with E-state index < -0.39 is 5.60 Å². The van der Waals surface area contributed by atoms with Crippen LogP contribution in [-0.4, -0.2) is 22.2 Å². The van der Waals surface area contributed by atoms with Crippen LogP contribution in [0.4, 0.5) is 11.4 Å². The first-order valence-corrected chi connectivity index (χ1v) is 6.76. The molecule has 0 saturated heterocycles. The quantitative estimate of drug-likeness (QED) is 0.739. The normalized spacial score (nSPS) is 17.7. The van der Waals surface area contributed by atoms with Crippen molar-refractivity contribution >= 4 is 22.1 Å². The molecule has 1 aliphatic rings. The number of nitrogens with zero attached hydrogens (tertiary/aromatic N) is 1. The van der Waals surface area contributed by atoms with Crippen molar-refractivity contribution in [1.82, 2.24) is 4.98 Å². The Labute approximate surface area is 112 Å². The highest BCUT2D eigenvalue weighted by Gasteiger charge is 2.30. The Morgan fingerprint density at radius 2 is 2.00 bits per heavy atom. The molecule has 0 aliphatic heterocycles. The van der Waals surface area contributed by atoms with Crippen molar-refractivity contribution in [3.05, 3.63) is 30.6 Å². The fourth-order valence-corrected chi connectivity index (χ4v) is 2.84. The maximum atomic E-state index is 10.4. The van der Waals surface area contributed by atoms with Gasteiger partial charge in [-0.3, -0.25) is 4.98 Å². The van der Waals surface area contributed by atoms with Crippen LogP contribution in [0.5, 0.6) is 0 Å². The molecule has 19 heavy (non-hydrogen) atoms. The summed E-state index contributed by atoms with van der Waals surface area (Å²) >= 11 is 0. The highest BCUT2D eigenvalue weighted by atomic mass is 16.3. The number of aliphatic hydroxyl groups is 1. The zero-order valence-corrected chi connectivity index (χ0v) is 10.9. The Hall–Kier alpha value is -1.81. The van der Waals surface area contributed by atoms with Crippen LogP contribution in [0, 0.1) is 0 Å². The molecular formula is C15H19N3O. The van der Waals surface area contributed by atoms with Gasteiger partial charge in [0.2, 0.25) is 0 Å². The first-order valence-electron chi connectivity index (χ1n) is 6.76. The number of hydrogen-bond donors (Lipinski definition) is 3. The van der Waals surface area contributed by atoms with Crippen LogP contribution in [0.2, 0.25) is 0 Å². The van der Waals surface area contributed by atoms with Crippen LogP contribution in [0.3, 0.4) is 0 Å². The molecule has 0 radical (unpaired) electrons. The molecule has 0 atom stereocenters. The Kier molecular flexibility index (Phi) is 3.03. The molecule has 1 aromatic heterocycles. The van der Waals surface area contributed by atoms with E-state index in [1.807, 2.05) is 18.2 Å². The van der Waals surface area contributed by atoms with Gasteiger partial charge in [-0.05, 0) is 31.0 Å². The zero-order chi connectivity index (χ0) is 13.3. The van der Waals surface area contributed by atoms with Gasteiger partial charge in [0.15, 0.2) is 0 Å². The van der Waals surface area contributed by atoms with E-state index in [4.69, 9.17) is 5.73 Å². The molecule has 1 aromatic carbocycles. The van der Waals surface area contributed by atoms with E-state index in [9.17, 15) is 5.11 Å². The maximum absolute atomic E-state index is 10.4. The van der Waals surface area contributed by atoms with Gasteiger partial charge in [0.1, 0.15) is 0 Å². The van der Waals surface area contributed by atoms with Gasteiger partial charge in [0.05, 0.1) is 5.60 Å². The van der Waals surface area contributed by atoms with Crippen LogP contribution in [0.15, 0.2) is 30.6 Å². The summed E-state index contributed by atoms with van der Waals surface area (Å²) in [5, 5.41) is 15.7. The van der Waals surface area contributed by atoms with Gasteiger partial charge in [-0.15, -0.1) is 0 Å². The highest BCUT2D eigenvalue weighted by molar-refractivity contribution is 6.00. The minimum Gasteiger partial charge on any atom is -0.398 e. The predicted octanol–water partition coefficient (Wildman–Crippen LogP) is 2.53. The second-order valence-electron chi connectivity index (χ2n) is 5.41. The van der Waals surface area contributed by atoms with Crippen molar-refractivity contribution < 1.29 is 5.11 Å². The summed E-state index contributed by atoms with van der Waals surface area (Å²) in [4.78, 5) is 4.11. The van der Waals surface area contributed by atoms with Crippen molar-refractivity contribution in [2.45, 2.75) is 31.3 Å². The number of nitrogens with two attached hydrogens (primary N) is 1. The smallest absolute Gasteiger partial charge is 0.0819 e. The number of pyridine rings is 1. The molecule has 2 aromatic rings. The molecule has 4 heteroatoms. The summed E-state index contributed by atoms with van der Waals surface area (Å²) in [6.07, 6.45) is 7.54. The molecule has 0 unspecified atom stereocenters. The van der Waals surface area contributed by atoms with Crippen LogP contribution in [0.1, 0.15) is 25.7 Å². The second kappa shape index (κ2) is 4.70. The highest BCUT2D eigenvalue weighted by Crippen LogP contribution is 2.32. The number of nitrogens with one attached hydrogen (secondary N) is 1. The zero-order valence-electron chi connectivity index (χ0n) is 10.9. The van der Waals surface area contributed by atoms with Crippen molar-refractivity contribution in [2.24, 2.45) is 0 Å². The number of nitrogen functional groups attached to an aromatic ring is 1. The summed E-state index contributed by atoms with van der Waals surface area (Å²) in [5.41, 5.74) is 7.13. The molecule has 1 saturated carbocycles. The fraction of sp³-hybridized carbons (Fsp3) is 0.400. The lowest BCUT2D eigenvalue weighted by Crippen LogP contribution is -2.33. The summed E-state index contributed by atoms with van der Waals surface area (Å²) in [7, 11) is 0. The van der Waals surface area contributed by atoms with Crippen LogP contribution >= 0.6 is 0 Å². The largest absolute Gasteiger partial charge is 0.398 e. The van der Waals surface area contributed by atoms with E-state index in [2.05, 4.69) is 10.3 Å². The van der Waals surface area contributed by atoms with Crippen LogP contribution in [-0.2, 0) is 0 Å². The van der Waals surface area contributed by atoms with Crippen molar-refractivity contribution in [3.8, 4) is 0 Å². The van der Waals surface area contributed by atoms with E-state index in [-0.39, 0.29) is 0 Å². The molecule has 4 N–H and O–H groups in total. The van der Waals surface area contributed by atoms with E-state index in [1.54, 1.807) is 12.4 Å². The van der Waals surface area contributed by atoms with E-state index in [1.165, 1.54) is 0 Å². The number of hydrogen-bond acceptors (Lipinski definition) is 4. The molecule has 1 heterocycles. The Bertz CT molecular complexity index is 591. The average molecular weight is 257 g/mol. The topological polar surface area (TPSA) is 71.2 Å². The first kappa shape index (κ1) is 12.2. The number of aromatic nitrogens is 1. The molecule has 4 nitrogen and oxygen atoms in total. The molecule has 1 aliphatic carbocycles. The van der Waals surface area contributed by atoms with Gasteiger partial charge in [0, 0.05) is 41.1 Å². The monoisotopic (exact) mass is 257 g/mol. The lowest BCUT2D eigenvalue weighted by molar-refractivity contribution is 0.0615. The predicted molar refractivity (Wildman–Crippen MR) is 78.1 cm³/mol. The van der Waals surface area contributed by atoms with Crippen LogP contribution < -0.4 is 11.1 Å². The lowest BCUT2D eigenvalue weighted by atomic mass is 10.0. The lowest BCUT2D eigenvalue weighted by Gasteiger charge is -2.23. The number of rotatable bonds is 3. The minimum absolute atomic E-state index is 0.555. The van der Waals surface area contributed by atoms with Gasteiger partial charge in [0.25, 0.3) is 0 Å². The van der Waals surface area contributed by atoms with E-state index in [0.29, 0.717) is 6.54 Å².